The fourth-order valence-corrected chi connectivity index (χ4v) is 3.55. The smallest absolute Gasteiger partial charge is 0.246 e. The number of amides is 2. The van der Waals surface area contributed by atoms with Crippen LogP contribution in [-0.2, 0) is 16.1 Å². The minimum atomic E-state index is -0.716. The second-order valence-corrected chi connectivity index (χ2v) is 7.09. The second-order valence-electron chi connectivity index (χ2n) is 6.17. The lowest BCUT2D eigenvalue weighted by Gasteiger charge is -2.46. The summed E-state index contributed by atoms with van der Waals surface area (Å²) in [4.78, 5) is 26.9. The predicted molar refractivity (Wildman–Crippen MR) is 83.4 cm³/mol. The van der Waals surface area contributed by atoms with E-state index >= 15 is 0 Å². The Labute approximate surface area is 133 Å². The zero-order valence-electron chi connectivity index (χ0n) is 12.2. The number of hydrogen-bond acceptors (Lipinski definition) is 2. The predicted octanol–water partition coefficient (Wildman–Crippen LogP) is 2.46. The van der Waals surface area contributed by atoms with Gasteiger partial charge < -0.3 is 10.2 Å². The van der Waals surface area contributed by atoms with Crippen LogP contribution in [-0.4, -0.2) is 28.3 Å². The van der Waals surface area contributed by atoms with Crippen LogP contribution < -0.4 is 5.32 Å². The largest absolute Gasteiger partial charge is 0.343 e. The zero-order chi connectivity index (χ0) is 15.2. The minimum Gasteiger partial charge on any atom is -0.343 e. The van der Waals surface area contributed by atoms with Gasteiger partial charge in [0.25, 0.3) is 0 Å². The molecular formula is C16H19BrN2O2. The van der Waals surface area contributed by atoms with Crippen LogP contribution in [0.3, 0.4) is 0 Å². The van der Waals surface area contributed by atoms with Crippen molar-refractivity contribution in [1.82, 2.24) is 10.2 Å². The molecule has 0 spiro atoms. The van der Waals surface area contributed by atoms with Gasteiger partial charge in [-0.2, -0.15) is 0 Å². The molecule has 0 bridgehead atoms. The standard InChI is InChI=1S/C16H19BrN2O2/c1-10-14(20)19(9-11-4-3-5-13(17)8-11)16(2,12-6-7-12)15(21)18-10/h3-5,8,10,12H,6-7,9H2,1-2H3,(H,18,21). The van der Waals surface area contributed by atoms with Crippen molar-refractivity contribution in [3.05, 3.63) is 34.3 Å². The highest BCUT2D eigenvalue weighted by molar-refractivity contribution is 9.10. The first-order chi connectivity index (χ1) is 9.92. The first-order valence-electron chi connectivity index (χ1n) is 7.30. The molecule has 1 aromatic rings. The molecule has 2 atom stereocenters. The Morgan fingerprint density at radius 2 is 2.10 bits per heavy atom. The zero-order valence-corrected chi connectivity index (χ0v) is 13.8. The third-order valence-electron chi connectivity index (χ3n) is 4.61. The van der Waals surface area contributed by atoms with Crippen LogP contribution in [0.2, 0.25) is 0 Å². The van der Waals surface area contributed by atoms with Gasteiger partial charge in [-0.1, -0.05) is 28.1 Å². The third-order valence-corrected chi connectivity index (χ3v) is 5.10. The van der Waals surface area contributed by atoms with E-state index in [0.717, 1.165) is 22.9 Å². The Kier molecular flexibility index (Phi) is 3.56. The van der Waals surface area contributed by atoms with E-state index in [9.17, 15) is 9.59 Å². The number of benzene rings is 1. The summed E-state index contributed by atoms with van der Waals surface area (Å²) in [6.07, 6.45) is 2.03. The van der Waals surface area contributed by atoms with Crippen molar-refractivity contribution in [1.29, 1.82) is 0 Å². The maximum Gasteiger partial charge on any atom is 0.246 e. The monoisotopic (exact) mass is 350 g/mol. The molecular weight excluding hydrogens is 332 g/mol. The van der Waals surface area contributed by atoms with Gasteiger partial charge in [-0.25, -0.2) is 0 Å². The van der Waals surface area contributed by atoms with Crippen LogP contribution in [0.1, 0.15) is 32.3 Å². The van der Waals surface area contributed by atoms with Crippen molar-refractivity contribution in [3.8, 4) is 0 Å². The molecule has 2 aliphatic rings. The molecule has 1 aliphatic heterocycles. The van der Waals surface area contributed by atoms with Gasteiger partial charge in [0.2, 0.25) is 11.8 Å². The average Bonchev–Trinajstić information content (AvgIpc) is 3.26. The van der Waals surface area contributed by atoms with Crippen molar-refractivity contribution in [2.45, 2.75) is 44.8 Å². The van der Waals surface area contributed by atoms with Gasteiger partial charge in [-0.05, 0) is 50.3 Å². The minimum absolute atomic E-state index is 0.00368. The molecule has 5 heteroatoms. The second kappa shape index (κ2) is 5.13. The molecule has 0 radical (unpaired) electrons. The van der Waals surface area contributed by atoms with Gasteiger partial charge in [0.1, 0.15) is 11.6 Å². The van der Waals surface area contributed by atoms with Crippen LogP contribution in [0.5, 0.6) is 0 Å². The molecule has 1 saturated carbocycles. The normalized spacial score (nSPS) is 29.5. The van der Waals surface area contributed by atoms with Gasteiger partial charge in [0, 0.05) is 11.0 Å². The maximum absolute atomic E-state index is 12.6. The van der Waals surface area contributed by atoms with Crippen LogP contribution in [0.25, 0.3) is 0 Å². The number of hydrogen-bond donors (Lipinski definition) is 1. The lowest BCUT2D eigenvalue weighted by molar-refractivity contribution is -0.158. The highest BCUT2D eigenvalue weighted by Gasteiger charge is 2.56. The Morgan fingerprint density at radius 3 is 2.71 bits per heavy atom. The van der Waals surface area contributed by atoms with Crippen molar-refractivity contribution >= 4 is 27.7 Å². The highest BCUT2D eigenvalue weighted by Crippen LogP contribution is 2.45. The number of halogens is 1. The Balaban J connectivity index is 1.94. The first kappa shape index (κ1) is 14.6. The molecule has 0 aromatic heterocycles. The third kappa shape index (κ3) is 2.48. The molecule has 1 saturated heterocycles. The van der Waals surface area contributed by atoms with Gasteiger partial charge in [-0.3, -0.25) is 9.59 Å². The Hall–Kier alpha value is -1.36. The summed E-state index contributed by atoms with van der Waals surface area (Å²) in [6, 6.07) is 7.44. The van der Waals surface area contributed by atoms with Crippen LogP contribution in [0, 0.1) is 5.92 Å². The summed E-state index contributed by atoms with van der Waals surface area (Å²) < 4.78 is 0.982. The van der Waals surface area contributed by atoms with Gasteiger partial charge in [-0.15, -0.1) is 0 Å². The van der Waals surface area contributed by atoms with Gasteiger partial charge in [0.05, 0.1) is 0 Å². The van der Waals surface area contributed by atoms with E-state index in [1.807, 2.05) is 31.2 Å². The van der Waals surface area contributed by atoms with Crippen LogP contribution >= 0.6 is 15.9 Å². The molecule has 2 fully saturated rings. The van der Waals surface area contributed by atoms with E-state index in [1.54, 1.807) is 11.8 Å². The van der Waals surface area contributed by atoms with Crippen molar-refractivity contribution < 1.29 is 9.59 Å². The number of carbonyl (C=O) groups is 2. The van der Waals surface area contributed by atoms with E-state index in [4.69, 9.17) is 0 Å². The molecule has 2 amide bonds. The molecule has 1 aliphatic carbocycles. The molecule has 4 nitrogen and oxygen atoms in total. The quantitative estimate of drug-likeness (QED) is 0.910. The fourth-order valence-electron chi connectivity index (χ4n) is 3.10. The van der Waals surface area contributed by atoms with E-state index in [0.29, 0.717) is 6.54 Å². The van der Waals surface area contributed by atoms with Gasteiger partial charge in [0.15, 0.2) is 0 Å². The fraction of sp³-hybridized carbons (Fsp3) is 0.500. The van der Waals surface area contributed by atoms with Crippen molar-refractivity contribution in [2.75, 3.05) is 0 Å². The average molecular weight is 351 g/mol. The summed E-state index contributed by atoms with van der Waals surface area (Å²) in [5.74, 6) is 0.261. The number of carbonyl (C=O) groups excluding carboxylic acids is 2. The maximum atomic E-state index is 12.6. The molecule has 1 N–H and O–H groups in total. The van der Waals surface area contributed by atoms with Crippen LogP contribution in [0.4, 0.5) is 0 Å². The number of rotatable bonds is 3. The molecule has 1 aromatic carbocycles. The van der Waals surface area contributed by atoms with E-state index in [2.05, 4.69) is 21.2 Å². The molecule has 3 rings (SSSR count). The number of nitrogens with one attached hydrogen (secondary N) is 1. The summed E-state index contributed by atoms with van der Waals surface area (Å²) >= 11 is 3.45. The van der Waals surface area contributed by atoms with Gasteiger partial charge >= 0.3 is 0 Å². The molecule has 2 unspecified atom stereocenters. The van der Waals surface area contributed by atoms with E-state index in [-0.39, 0.29) is 17.7 Å². The lowest BCUT2D eigenvalue weighted by atomic mass is 9.88. The highest BCUT2D eigenvalue weighted by atomic mass is 79.9. The topological polar surface area (TPSA) is 49.4 Å². The summed E-state index contributed by atoms with van der Waals surface area (Å²) in [6.45, 7) is 4.13. The molecule has 21 heavy (non-hydrogen) atoms. The Bertz CT molecular complexity index is 600. The van der Waals surface area contributed by atoms with Crippen molar-refractivity contribution in [2.24, 2.45) is 5.92 Å². The summed E-state index contributed by atoms with van der Waals surface area (Å²) in [7, 11) is 0. The first-order valence-corrected chi connectivity index (χ1v) is 8.09. The summed E-state index contributed by atoms with van der Waals surface area (Å²) in [5, 5.41) is 2.83. The molecule has 112 valence electrons. The van der Waals surface area contributed by atoms with E-state index in [1.165, 1.54) is 0 Å². The van der Waals surface area contributed by atoms with Crippen LogP contribution in [0.15, 0.2) is 28.7 Å². The summed E-state index contributed by atoms with van der Waals surface area (Å²) in [5.41, 5.74) is 0.317. The lowest BCUT2D eigenvalue weighted by Crippen LogP contribution is -2.69. The molecule has 1 heterocycles. The van der Waals surface area contributed by atoms with Crippen molar-refractivity contribution in [3.63, 3.8) is 0 Å². The number of nitrogens with zero attached hydrogens (tertiary/aromatic N) is 1. The number of piperazine rings is 1. The van der Waals surface area contributed by atoms with E-state index < -0.39 is 11.6 Å². The SMILES string of the molecule is CC1NC(=O)C(C)(C2CC2)N(Cc2cccc(Br)c2)C1=O. The Morgan fingerprint density at radius 1 is 1.38 bits per heavy atom.